The van der Waals surface area contributed by atoms with Crippen LogP contribution in [-0.2, 0) is 11.3 Å². The van der Waals surface area contributed by atoms with E-state index in [1.165, 1.54) is 6.92 Å². The number of anilines is 1. The van der Waals surface area contributed by atoms with Gasteiger partial charge < -0.3 is 25.2 Å². The zero-order chi connectivity index (χ0) is 26.1. The van der Waals surface area contributed by atoms with Crippen LogP contribution in [0.2, 0.25) is 0 Å². The fourth-order valence-electron chi connectivity index (χ4n) is 2.95. The SMILES string of the molecule is COC(=O)c1c(OCc2c(F)cc(C)c(F)c2F)nsc1NC(=O)NCCC(O)CCNC(C)C. The molecule has 35 heavy (non-hydrogen) atoms. The number of hydrogen-bond donors (Lipinski definition) is 4. The summed E-state index contributed by atoms with van der Waals surface area (Å²) in [5.41, 5.74) is -1.14. The number of ether oxygens (including phenoxy) is 2. The summed E-state index contributed by atoms with van der Waals surface area (Å²) in [7, 11) is 1.10. The number of methoxy groups -OCH3 is 1. The van der Waals surface area contributed by atoms with E-state index in [0.29, 0.717) is 37.0 Å². The maximum atomic E-state index is 14.1. The molecule has 2 amide bonds. The van der Waals surface area contributed by atoms with Gasteiger partial charge in [-0.05, 0) is 49.5 Å². The third-order valence-electron chi connectivity index (χ3n) is 4.86. The van der Waals surface area contributed by atoms with Crippen LogP contribution in [0.5, 0.6) is 5.88 Å². The Morgan fingerprint density at radius 2 is 1.86 bits per heavy atom. The number of benzene rings is 1. The van der Waals surface area contributed by atoms with Crippen LogP contribution in [-0.4, -0.2) is 53.8 Å². The van der Waals surface area contributed by atoms with Crippen LogP contribution >= 0.6 is 11.5 Å². The predicted octanol–water partition coefficient (Wildman–Crippen LogP) is 3.50. The van der Waals surface area contributed by atoms with Gasteiger partial charge >= 0.3 is 12.0 Å². The molecule has 194 valence electrons. The fraction of sp³-hybridized carbons (Fsp3) is 0.500. The van der Waals surface area contributed by atoms with E-state index < -0.39 is 47.7 Å². The van der Waals surface area contributed by atoms with E-state index in [-0.39, 0.29) is 28.6 Å². The van der Waals surface area contributed by atoms with Gasteiger partial charge in [-0.15, -0.1) is 0 Å². The molecule has 4 N–H and O–H groups in total. The van der Waals surface area contributed by atoms with Gasteiger partial charge in [-0.25, -0.2) is 22.8 Å². The van der Waals surface area contributed by atoms with Crippen LogP contribution in [0, 0.1) is 24.4 Å². The highest BCUT2D eigenvalue weighted by atomic mass is 32.1. The molecule has 0 saturated carbocycles. The normalized spacial score (nSPS) is 11.9. The third-order valence-corrected chi connectivity index (χ3v) is 5.61. The third kappa shape index (κ3) is 8.08. The first-order chi connectivity index (χ1) is 16.5. The lowest BCUT2D eigenvalue weighted by Gasteiger charge is -2.13. The smallest absolute Gasteiger partial charge is 0.346 e. The van der Waals surface area contributed by atoms with E-state index in [4.69, 9.17) is 4.74 Å². The van der Waals surface area contributed by atoms with Gasteiger partial charge in [0.1, 0.15) is 17.4 Å². The van der Waals surface area contributed by atoms with E-state index in [9.17, 15) is 27.9 Å². The molecule has 1 aromatic carbocycles. The standard InChI is InChI=1S/C22H29F3N4O5S/c1-11(2)26-7-5-13(30)6-8-27-22(32)28-20-16(21(31)33-4)19(29-35-20)34-10-14-15(23)9-12(3)17(24)18(14)25/h9,11,13,26,30H,5-8,10H2,1-4H3,(H2,27,28,32). The lowest BCUT2D eigenvalue weighted by Crippen LogP contribution is -2.32. The molecule has 2 aromatic rings. The molecule has 1 unspecified atom stereocenters. The molecule has 0 aliphatic rings. The quantitative estimate of drug-likeness (QED) is 0.251. The average Bonchev–Trinajstić information content (AvgIpc) is 3.18. The first-order valence-corrected chi connectivity index (χ1v) is 11.6. The van der Waals surface area contributed by atoms with Gasteiger partial charge in [0.2, 0.25) is 5.88 Å². The van der Waals surface area contributed by atoms with Gasteiger partial charge in [-0.2, -0.15) is 4.37 Å². The Bertz CT molecular complexity index is 1040. The summed E-state index contributed by atoms with van der Waals surface area (Å²) in [4.78, 5) is 24.5. The Kier molecular flexibility index (Phi) is 10.7. The van der Waals surface area contributed by atoms with Gasteiger partial charge in [-0.1, -0.05) is 13.8 Å². The number of carbonyl (C=O) groups excluding carboxylic acids is 2. The van der Waals surface area contributed by atoms with Crippen LogP contribution in [0.3, 0.4) is 0 Å². The molecular formula is C22H29F3N4O5S. The van der Waals surface area contributed by atoms with Crippen LogP contribution in [0.1, 0.15) is 48.2 Å². The van der Waals surface area contributed by atoms with E-state index in [1.54, 1.807) is 0 Å². The van der Waals surface area contributed by atoms with Crippen molar-refractivity contribution in [2.75, 3.05) is 25.5 Å². The number of aromatic nitrogens is 1. The number of esters is 1. The summed E-state index contributed by atoms with van der Waals surface area (Å²) in [6, 6.07) is 0.462. The Morgan fingerprint density at radius 1 is 1.17 bits per heavy atom. The molecule has 1 aromatic heterocycles. The number of hydrogen-bond acceptors (Lipinski definition) is 8. The van der Waals surface area contributed by atoms with Gasteiger partial charge in [0.25, 0.3) is 0 Å². The molecular weight excluding hydrogens is 489 g/mol. The highest BCUT2D eigenvalue weighted by molar-refractivity contribution is 7.11. The highest BCUT2D eigenvalue weighted by Gasteiger charge is 2.26. The number of aliphatic hydroxyl groups is 1. The summed E-state index contributed by atoms with van der Waals surface area (Å²) in [5, 5.41) is 18.1. The molecule has 9 nitrogen and oxygen atoms in total. The maximum Gasteiger partial charge on any atom is 0.346 e. The maximum absolute atomic E-state index is 14.1. The number of halogens is 3. The van der Waals surface area contributed by atoms with Gasteiger partial charge in [0.05, 0.1) is 18.8 Å². The molecule has 2 rings (SSSR count). The molecule has 0 saturated heterocycles. The minimum atomic E-state index is -1.41. The number of carbonyl (C=O) groups is 2. The van der Waals surface area contributed by atoms with Crippen molar-refractivity contribution in [3.05, 3.63) is 40.2 Å². The van der Waals surface area contributed by atoms with Crippen molar-refractivity contribution < 1.29 is 37.3 Å². The molecule has 0 aliphatic carbocycles. The van der Waals surface area contributed by atoms with Gasteiger partial charge in [0, 0.05) is 12.6 Å². The minimum Gasteiger partial charge on any atom is -0.471 e. The van der Waals surface area contributed by atoms with Crippen molar-refractivity contribution in [1.82, 2.24) is 15.0 Å². The number of aryl methyl sites for hydroxylation is 1. The first kappa shape index (κ1) is 28.3. The fourth-order valence-corrected chi connectivity index (χ4v) is 3.67. The zero-order valence-corrected chi connectivity index (χ0v) is 20.7. The van der Waals surface area contributed by atoms with E-state index in [0.717, 1.165) is 13.2 Å². The number of amides is 2. The second kappa shape index (κ2) is 13.3. The predicted molar refractivity (Wildman–Crippen MR) is 124 cm³/mol. The van der Waals surface area contributed by atoms with Gasteiger partial charge in [0.15, 0.2) is 17.2 Å². The van der Waals surface area contributed by atoms with Crippen molar-refractivity contribution in [3.8, 4) is 5.88 Å². The Balaban J connectivity index is 2.00. The van der Waals surface area contributed by atoms with Crippen molar-refractivity contribution in [2.45, 2.75) is 52.4 Å². The molecule has 0 bridgehead atoms. The lowest BCUT2D eigenvalue weighted by atomic mass is 10.1. The lowest BCUT2D eigenvalue weighted by molar-refractivity contribution is 0.0596. The second-order valence-electron chi connectivity index (χ2n) is 7.97. The monoisotopic (exact) mass is 518 g/mol. The van der Waals surface area contributed by atoms with E-state index in [2.05, 4.69) is 25.1 Å². The zero-order valence-electron chi connectivity index (χ0n) is 19.8. The Hall–Kier alpha value is -2.90. The van der Waals surface area contributed by atoms with Crippen molar-refractivity contribution in [1.29, 1.82) is 0 Å². The van der Waals surface area contributed by atoms with Crippen molar-refractivity contribution >= 4 is 28.5 Å². The molecule has 0 spiro atoms. The minimum absolute atomic E-state index is 0.0259. The number of nitrogens with one attached hydrogen (secondary N) is 3. The molecule has 1 heterocycles. The molecule has 0 radical (unpaired) electrons. The summed E-state index contributed by atoms with van der Waals surface area (Å²) in [6.07, 6.45) is 0.233. The number of nitrogens with zero attached hydrogens (tertiary/aromatic N) is 1. The summed E-state index contributed by atoms with van der Waals surface area (Å²) in [5.74, 6) is -4.89. The molecule has 1 atom stereocenters. The average molecular weight is 519 g/mol. The number of urea groups is 1. The van der Waals surface area contributed by atoms with Crippen LogP contribution < -0.4 is 20.7 Å². The van der Waals surface area contributed by atoms with Crippen molar-refractivity contribution in [2.24, 2.45) is 0 Å². The topological polar surface area (TPSA) is 122 Å². The van der Waals surface area contributed by atoms with E-state index in [1.807, 2.05) is 13.8 Å². The van der Waals surface area contributed by atoms with E-state index >= 15 is 0 Å². The Labute approximate surface area is 205 Å². The molecule has 0 aliphatic heterocycles. The summed E-state index contributed by atoms with van der Waals surface area (Å²) >= 11 is 0.684. The van der Waals surface area contributed by atoms with Crippen LogP contribution in [0.25, 0.3) is 0 Å². The summed E-state index contributed by atoms with van der Waals surface area (Å²) < 4.78 is 55.9. The molecule has 0 fully saturated rings. The largest absolute Gasteiger partial charge is 0.471 e. The highest BCUT2D eigenvalue weighted by Crippen LogP contribution is 2.32. The number of aliphatic hydroxyl groups excluding tert-OH is 1. The second-order valence-corrected chi connectivity index (χ2v) is 8.75. The Morgan fingerprint density at radius 3 is 2.51 bits per heavy atom. The molecule has 13 heteroatoms. The summed E-state index contributed by atoms with van der Waals surface area (Å²) in [6.45, 7) is 5.26. The number of rotatable bonds is 12. The van der Waals surface area contributed by atoms with Crippen LogP contribution in [0.4, 0.5) is 23.0 Å². The van der Waals surface area contributed by atoms with Crippen molar-refractivity contribution in [3.63, 3.8) is 0 Å². The first-order valence-electron chi connectivity index (χ1n) is 10.8. The van der Waals surface area contributed by atoms with Gasteiger partial charge in [-0.3, -0.25) is 5.32 Å². The van der Waals surface area contributed by atoms with Crippen LogP contribution in [0.15, 0.2) is 6.07 Å².